The summed E-state index contributed by atoms with van der Waals surface area (Å²) < 4.78 is 25.4. The monoisotopic (exact) mass is 491 g/mol. The van der Waals surface area contributed by atoms with Gasteiger partial charge in [0.1, 0.15) is 17.3 Å². The maximum Gasteiger partial charge on any atom is 0.272 e. The molecule has 174 valence electrons. The lowest BCUT2D eigenvalue weighted by molar-refractivity contribution is 0.0692. The quantitative estimate of drug-likeness (QED) is 0.604. The molecule has 1 aromatic carbocycles. The van der Waals surface area contributed by atoms with Gasteiger partial charge in [0.05, 0.1) is 11.8 Å². The number of nitrogens with one attached hydrogen (secondary N) is 1. The number of carbonyl (C=O) groups is 2. The number of carbonyl (C=O) groups excluding carboxylic acids is 2. The summed E-state index contributed by atoms with van der Waals surface area (Å²) in [6.07, 6.45) is 1.06. The summed E-state index contributed by atoms with van der Waals surface area (Å²) in [4.78, 5) is 40.0. The van der Waals surface area contributed by atoms with Gasteiger partial charge in [0.25, 0.3) is 17.4 Å². The Morgan fingerprint density at radius 2 is 1.91 bits per heavy atom. The van der Waals surface area contributed by atoms with Crippen molar-refractivity contribution in [1.29, 1.82) is 5.26 Å². The molecule has 10 nitrogen and oxygen atoms in total. The summed E-state index contributed by atoms with van der Waals surface area (Å²) in [5, 5.41) is 12.8. The predicted molar refractivity (Wildman–Crippen MR) is 121 cm³/mol. The van der Waals surface area contributed by atoms with Crippen molar-refractivity contribution in [3.05, 3.63) is 68.1 Å². The zero-order valence-corrected chi connectivity index (χ0v) is 19.6. The highest BCUT2D eigenvalue weighted by molar-refractivity contribution is 7.88. The molecule has 0 saturated carbocycles. The van der Waals surface area contributed by atoms with Gasteiger partial charge in [0.15, 0.2) is 0 Å². The normalized spacial score (nSPS) is 13.5. The van der Waals surface area contributed by atoms with E-state index in [9.17, 15) is 28.1 Å². The van der Waals surface area contributed by atoms with Crippen LogP contribution in [-0.4, -0.2) is 66.9 Å². The average molecular weight is 492 g/mol. The molecule has 1 aliphatic heterocycles. The van der Waals surface area contributed by atoms with Gasteiger partial charge in [-0.15, -0.1) is 0 Å². The van der Waals surface area contributed by atoms with Crippen molar-refractivity contribution in [3.8, 4) is 6.07 Å². The largest absolute Gasteiger partial charge is 0.348 e. The van der Waals surface area contributed by atoms with Crippen LogP contribution < -0.4 is 10.9 Å². The third-order valence-electron chi connectivity index (χ3n) is 5.35. The maximum absolute atomic E-state index is 13.0. The van der Waals surface area contributed by atoms with E-state index in [1.165, 1.54) is 11.9 Å². The molecule has 2 amide bonds. The number of benzene rings is 1. The summed E-state index contributed by atoms with van der Waals surface area (Å²) in [5.41, 5.74) is -0.334. The maximum atomic E-state index is 13.0. The van der Waals surface area contributed by atoms with Crippen LogP contribution in [0.3, 0.4) is 0 Å². The summed E-state index contributed by atoms with van der Waals surface area (Å²) in [6.45, 7) is 0.547. The van der Waals surface area contributed by atoms with Crippen molar-refractivity contribution < 1.29 is 18.0 Å². The van der Waals surface area contributed by atoms with Crippen molar-refractivity contribution in [3.63, 3.8) is 0 Å². The SMILES string of the molecule is CN(CCN1CCn2c(c(C#N)cc(C(=O)NCc3ccc(Cl)cc3)c2=O)C1=O)S(C)(=O)=O. The Labute approximate surface area is 196 Å². The molecule has 1 aromatic heterocycles. The van der Waals surface area contributed by atoms with Gasteiger partial charge < -0.3 is 14.8 Å². The number of pyridine rings is 1. The molecule has 3 rings (SSSR count). The number of halogens is 1. The van der Waals surface area contributed by atoms with Gasteiger partial charge in [-0.25, -0.2) is 12.7 Å². The number of nitrogens with zero attached hydrogens (tertiary/aromatic N) is 4. The number of hydrogen-bond acceptors (Lipinski definition) is 6. The molecule has 12 heteroatoms. The molecular formula is C21H22ClN5O5S. The minimum absolute atomic E-state index is 0.0713. The van der Waals surface area contributed by atoms with E-state index in [-0.39, 0.29) is 49.5 Å². The minimum Gasteiger partial charge on any atom is -0.348 e. The topological polar surface area (TPSA) is 133 Å². The molecule has 0 bridgehead atoms. The predicted octanol–water partition coefficient (Wildman–Crippen LogP) is 0.651. The molecule has 1 aliphatic rings. The molecule has 33 heavy (non-hydrogen) atoms. The van der Waals surface area contributed by atoms with Crippen LogP contribution in [-0.2, 0) is 23.1 Å². The Bertz CT molecular complexity index is 1300. The summed E-state index contributed by atoms with van der Waals surface area (Å²) in [6, 6.07) is 9.83. The van der Waals surface area contributed by atoms with Gasteiger partial charge in [0, 0.05) is 44.8 Å². The first kappa shape index (κ1) is 24.4. The first-order valence-corrected chi connectivity index (χ1v) is 12.2. The van der Waals surface area contributed by atoms with E-state index in [2.05, 4.69) is 5.32 Å². The Morgan fingerprint density at radius 3 is 2.52 bits per heavy atom. The summed E-state index contributed by atoms with van der Waals surface area (Å²) >= 11 is 5.85. The van der Waals surface area contributed by atoms with Crippen LogP contribution >= 0.6 is 11.6 Å². The molecular weight excluding hydrogens is 470 g/mol. The van der Waals surface area contributed by atoms with Crippen molar-refractivity contribution in [2.45, 2.75) is 13.1 Å². The van der Waals surface area contributed by atoms with Gasteiger partial charge in [-0.1, -0.05) is 23.7 Å². The van der Waals surface area contributed by atoms with Crippen LogP contribution in [0.1, 0.15) is 32.0 Å². The number of amides is 2. The second-order valence-electron chi connectivity index (χ2n) is 7.57. The van der Waals surface area contributed by atoms with Crippen LogP contribution in [0.4, 0.5) is 0 Å². The highest BCUT2D eigenvalue weighted by Crippen LogP contribution is 2.17. The van der Waals surface area contributed by atoms with Crippen LogP contribution in [0.15, 0.2) is 35.1 Å². The van der Waals surface area contributed by atoms with E-state index in [1.54, 1.807) is 24.3 Å². The van der Waals surface area contributed by atoms with Crippen molar-refractivity contribution in [1.82, 2.24) is 19.1 Å². The zero-order chi connectivity index (χ0) is 24.3. The molecule has 0 radical (unpaired) electrons. The van der Waals surface area contributed by atoms with Gasteiger partial charge in [-0.05, 0) is 23.8 Å². The number of likely N-dealkylation sites (N-methyl/N-ethyl adjacent to an activating group) is 1. The highest BCUT2D eigenvalue weighted by Gasteiger charge is 2.31. The molecule has 0 saturated heterocycles. The molecule has 0 unspecified atom stereocenters. The Kier molecular flexibility index (Phi) is 7.22. The first-order chi connectivity index (χ1) is 15.5. The van der Waals surface area contributed by atoms with Crippen LogP contribution in [0.2, 0.25) is 5.02 Å². The van der Waals surface area contributed by atoms with E-state index < -0.39 is 27.4 Å². The number of rotatable bonds is 7. The van der Waals surface area contributed by atoms with Crippen molar-refractivity contribution in [2.75, 3.05) is 32.9 Å². The van der Waals surface area contributed by atoms with Gasteiger partial charge in [-0.3, -0.25) is 14.4 Å². The fraction of sp³-hybridized carbons (Fsp3) is 0.333. The number of sulfonamides is 1. The van der Waals surface area contributed by atoms with E-state index >= 15 is 0 Å². The lowest BCUT2D eigenvalue weighted by atomic mass is 10.1. The van der Waals surface area contributed by atoms with E-state index in [0.29, 0.717) is 5.02 Å². The molecule has 0 aliphatic carbocycles. The number of hydrogen-bond donors (Lipinski definition) is 1. The third kappa shape index (κ3) is 5.42. The van der Waals surface area contributed by atoms with E-state index in [4.69, 9.17) is 11.6 Å². The van der Waals surface area contributed by atoms with Crippen LogP contribution in [0, 0.1) is 11.3 Å². The number of aromatic nitrogens is 1. The third-order valence-corrected chi connectivity index (χ3v) is 6.92. The minimum atomic E-state index is -3.41. The van der Waals surface area contributed by atoms with Gasteiger partial charge in [0.2, 0.25) is 10.0 Å². The Morgan fingerprint density at radius 1 is 1.24 bits per heavy atom. The van der Waals surface area contributed by atoms with E-state index in [0.717, 1.165) is 26.8 Å². The van der Waals surface area contributed by atoms with Crippen molar-refractivity contribution in [2.24, 2.45) is 0 Å². The molecule has 2 aromatic rings. The molecule has 2 heterocycles. The Hall–Kier alpha value is -3.20. The van der Waals surface area contributed by atoms with Gasteiger partial charge >= 0.3 is 0 Å². The van der Waals surface area contributed by atoms with Crippen LogP contribution in [0.25, 0.3) is 0 Å². The highest BCUT2D eigenvalue weighted by atomic mass is 35.5. The van der Waals surface area contributed by atoms with Gasteiger partial charge in [-0.2, -0.15) is 5.26 Å². The number of fused-ring (bicyclic) bond motifs is 1. The fourth-order valence-corrected chi connectivity index (χ4v) is 3.89. The fourth-order valence-electron chi connectivity index (χ4n) is 3.35. The summed E-state index contributed by atoms with van der Waals surface area (Å²) in [7, 11) is -2.01. The first-order valence-electron chi connectivity index (χ1n) is 9.94. The Balaban J connectivity index is 1.82. The number of nitriles is 1. The van der Waals surface area contributed by atoms with E-state index in [1.807, 2.05) is 6.07 Å². The smallest absolute Gasteiger partial charge is 0.272 e. The lowest BCUT2D eigenvalue weighted by Gasteiger charge is -2.31. The van der Waals surface area contributed by atoms with Crippen molar-refractivity contribution >= 4 is 33.4 Å². The van der Waals surface area contributed by atoms with Crippen LogP contribution in [0.5, 0.6) is 0 Å². The molecule has 0 fully saturated rings. The summed E-state index contributed by atoms with van der Waals surface area (Å²) in [5.74, 6) is -1.23. The second-order valence-corrected chi connectivity index (χ2v) is 10.1. The zero-order valence-electron chi connectivity index (χ0n) is 18.0. The average Bonchev–Trinajstić information content (AvgIpc) is 2.77. The standard InChI is InChI=1S/C21H22ClN5O5S/c1-25(33(2,31)32)7-8-26-9-10-27-18(21(26)30)15(12-23)11-17(20(27)29)19(28)24-13-14-3-5-16(22)6-4-14/h3-6,11H,7-10,13H2,1-2H3,(H,24,28). The lowest BCUT2D eigenvalue weighted by Crippen LogP contribution is -2.48. The molecule has 0 atom stereocenters. The second kappa shape index (κ2) is 9.74. The molecule has 0 spiro atoms. The molecule has 1 N–H and O–H groups in total.